The molecule has 2 aromatic heterocycles. The van der Waals surface area contributed by atoms with Gasteiger partial charge in [-0.2, -0.15) is 0 Å². The van der Waals surface area contributed by atoms with Crippen molar-refractivity contribution in [3.05, 3.63) is 58.5 Å². The zero-order chi connectivity index (χ0) is 14.8. The Morgan fingerprint density at radius 1 is 1.24 bits per heavy atom. The number of aryl methyl sites for hydroxylation is 2. The van der Waals surface area contributed by atoms with Gasteiger partial charge in [0.1, 0.15) is 0 Å². The fraction of sp³-hybridized carbons (Fsp3) is 0.294. The number of hydrogen-bond donors (Lipinski definition) is 1. The standard InChI is InChI=1S/C17H19N3S/c1-12(14-6-4-3-5-7-14)9-11-20-16-15(19-17(20)21)13(2)8-10-18-16/h3-8,10,12H,9,11H2,1-2H3,(H,19,21). The van der Waals surface area contributed by atoms with E-state index in [0.717, 1.165) is 28.9 Å². The van der Waals surface area contributed by atoms with E-state index in [-0.39, 0.29) is 0 Å². The molecule has 0 aliphatic heterocycles. The van der Waals surface area contributed by atoms with Crippen LogP contribution in [0.2, 0.25) is 0 Å². The summed E-state index contributed by atoms with van der Waals surface area (Å²) in [5.74, 6) is 0.503. The van der Waals surface area contributed by atoms with Gasteiger partial charge in [0, 0.05) is 12.7 Å². The lowest BCUT2D eigenvalue weighted by atomic mass is 9.98. The van der Waals surface area contributed by atoms with Crippen molar-refractivity contribution in [1.29, 1.82) is 0 Å². The number of imidazole rings is 1. The van der Waals surface area contributed by atoms with E-state index in [4.69, 9.17) is 12.2 Å². The minimum atomic E-state index is 0.503. The smallest absolute Gasteiger partial charge is 0.179 e. The third-order valence-electron chi connectivity index (χ3n) is 4.03. The maximum absolute atomic E-state index is 5.45. The van der Waals surface area contributed by atoms with Crippen LogP contribution >= 0.6 is 12.2 Å². The second kappa shape index (κ2) is 5.82. The van der Waals surface area contributed by atoms with Gasteiger partial charge in [0.2, 0.25) is 0 Å². The highest BCUT2D eigenvalue weighted by atomic mass is 32.1. The van der Waals surface area contributed by atoms with Gasteiger partial charge in [0.05, 0.1) is 5.52 Å². The SMILES string of the molecule is Cc1ccnc2c1[nH]c(=S)n2CCC(C)c1ccccc1. The molecule has 21 heavy (non-hydrogen) atoms. The first-order valence-corrected chi connectivity index (χ1v) is 7.66. The Kier molecular flexibility index (Phi) is 3.88. The van der Waals surface area contributed by atoms with Crippen LogP contribution in [0.3, 0.4) is 0 Å². The Hall–Kier alpha value is -1.94. The molecule has 0 saturated heterocycles. The molecule has 0 aliphatic carbocycles. The molecule has 1 N–H and O–H groups in total. The fourth-order valence-electron chi connectivity index (χ4n) is 2.65. The lowest BCUT2D eigenvalue weighted by Gasteiger charge is -2.12. The summed E-state index contributed by atoms with van der Waals surface area (Å²) in [7, 11) is 0. The minimum absolute atomic E-state index is 0.503. The molecule has 1 unspecified atom stereocenters. The number of benzene rings is 1. The quantitative estimate of drug-likeness (QED) is 0.714. The number of rotatable bonds is 4. The van der Waals surface area contributed by atoms with E-state index < -0.39 is 0 Å². The molecule has 1 atom stereocenters. The highest BCUT2D eigenvalue weighted by molar-refractivity contribution is 7.71. The van der Waals surface area contributed by atoms with Gasteiger partial charge in [0.15, 0.2) is 10.4 Å². The average molecular weight is 297 g/mol. The van der Waals surface area contributed by atoms with Gasteiger partial charge in [-0.1, -0.05) is 37.3 Å². The van der Waals surface area contributed by atoms with E-state index >= 15 is 0 Å². The van der Waals surface area contributed by atoms with Gasteiger partial charge in [0.25, 0.3) is 0 Å². The van der Waals surface area contributed by atoms with Crippen molar-refractivity contribution in [2.45, 2.75) is 32.7 Å². The summed E-state index contributed by atoms with van der Waals surface area (Å²) in [5, 5.41) is 0. The Morgan fingerprint density at radius 2 is 2.00 bits per heavy atom. The van der Waals surface area contributed by atoms with Crippen molar-refractivity contribution >= 4 is 23.4 Å². The maximum Gasteiger partial charge on any atom is 0.179 e. The molecule has 108 valence electrons. The monoisotopic (exact) mass is 297 g/mol. The number of hydrogen-bond acceptors (Lipinski definition) is 2. The number of nitrogens with one attached hydrogen (secondary N) is 1. The zero-order valence-electron chi connectivity index (χ0n) is 12.3. The Balaban J connectivity index is 1.84. The van der Waals surface area contributed by atoms with Crippen LogP contribution in [0.4, 0.5) is 0 Å². The van der Waals surface area contributed by atoms with E-state index in [1.165, 1.54) is 11.1 Å². The summed E-state index contributed by atoms with van der Waals surface area (Å²) in [6.07, 6.45) is 2.89. The first-order valence-electron chi connectivity index (χ1n) is 7.26. The van der Waals surface area contributed by atoms with Crippen molar-refractivity contribution in [3.8, 4) is 0 Å². The third-order valence-corrected chi connectivity index (χ3v) is 4.35. The Bertz CT molecular complexity index is 802. The van der Waals surface area contributed by atoms with Crippen molar-refractivity contribution in [2.75, 3.05) is 0 Å². The predicted octanol–water partition coefficient (Wildman–Crippen LogP) is 4.60. The van der Waals surface area contributed by atoms with Crippen LogP contribution in [0.5, 0.6) is 0 Å². The number of aromatic amines is 1. The molecule has 3 aromatic rings. The van der Waals surface area contributed by atoms with Gasteiger partial charge >= 0.3 is 0 Å². The summed E-state index contributed by atoms with van der Waals surface area (Å²) in [4.78, 5) is 7.75. The molecular formula is C17H19N3S. The molecule has 1 aromatic carbocycles. The lowest BCUT2D eigenvalue weighted by molar-refractivity contribution is 0.579. The molecule has 3 rings (SSSR count). The summed E-state index contributed by atoms with van der Waals surface area (Å²) < 4.78 is 2.86. The molecule has 0 spiro atoms. The van der Waals surface area contributed by atoms with Gasteiger partial charge in [-0.3, -0.25) is 0 Å². The Labute approximate surface area is 129 Å². The highest BCUT2D eigenvalue weighted by Gasteiger charge is 2.10. The van der Waals surface area contributed by atoms with E-state index in [1.54, 1.807) is 0 Å². The highest BCUT2D eigenvalue weighted by Crippen LogP contribution is 2.21. The summed E-state index contributed by atoms with van der Waals surface area (Å²) >= 11 is 5.45. The molecular weight excluding hydrogens is 278 g/mol. The normalized spacial score (nSPS) is 12.7. The van der Waals surface area contributed by atoms with E-state index in [1.807, 2.05) is 12.3 Å². The molecule has 0 fully saturated rings. The number of H-pyrrole nitrogens is 1. The largest absolute Gasteiger partial charge is 0.329 e. The second-order valence-electron chi connectivity index (χ2n) is 5.51. The summed E-state index contributed by atoms with van der Waals surface area (Å²) in [6, 6.07) is 12.6. The van der Waals surface area contributed by atoms with Gasteiger partial charge < -0.3 is 9.55 Å². The summed E-state index contributed by atoms with van der Waals surface area (Å²) in [6.45, 7) is 5.21. The molecule has 0 bridgehead atoms. The Morgan fingerprint density at radius 3 is 2.76 bits per heavy atom. The zero-order valence-corrected chi connectivity index (χ0v) is 13.2. The van der Waals surface area contributed by atoms with E-state index in [2.05, 4.69) is 58.7 Å². The number of aromatic nitrogens is 3. The molecule has 2 heterocycles. The van der Waals surface area contributed by atoms with Crippen LogP contribution in [0.25, 0.3) is 11.2 Å². The number of nitrogens with zero attached hydrogens (tertiary/aromatic N) is 2. The average Bonchev–Trinajstić information content (AvgIpc) is 2.83. The van der Waals surface area contributed by atoms with Crippen LogP contribution < -0.4 is 0 Å². The fourth-order valence-corrected chi connectivity index (χ4v) is 2.93. The first-order chi connectivity index (χ1) is 10.2. The number of pyridine rings is 1. The van der Waals surface area contributed by atoms with Crippen LogP contribution in [-0.4, -0.2) is 14.5 Å². The van der Waals surface area contributed by atoms with Crippen molar-refractivity contribution in [3.63, 3.8) is 0 Å². The van der Waals surface area contributed by atoms with Crippen LogP contribution in [0.15, 0.2) is 42.6 Å². The third kappa shape index (κ3) is 2.76. The van der Waals surface area contributed by atoms with Crippen molar-refractivity contribution in [2.24, 2.45) is 0 Å². The molecule has 4 heteroatoms. The van der Waals surface area contributed by atoms with E-state index in [9.17, 15) is 0 Å². The molecule has 3 nitrogen and oxygen atoms in total. The van der Waals surface area contributed by atoms with Gasteiger partial charge in [-0.15, -0.1) is 0 Å². The lowest BCUT2D eigenvalue weighted by Crippen LogP contribution is -2.04. The molecule has 0 amide bonds. The van der Waals surface area contributed by atoms with Crippen molar-refractivity contribution < 1.29 is 0 Å². The number of fused-ring (bicyclic) bond motifs is 1. The van der Waals surface area contributed by atoms with Gasteiger partial charge in [-0.05, 0) is 48.7 Å². The topological polar surface area (TPSA) is 33.6 Å². The van der Waals surface area contributed by atoms with Crippen LogP contribution in [0, 0.1) is 11.7 Å². The predicted molar refractivity (Wildman–Crippen MR) is 89.1 cm³/mol. The van der Waals surface area contributed by atoms with Crippen LogP contribution in [0.1, 0.15) is 30.4 Å². The van der Waals surface area contributed by atoms with E-state index in [0.29, 0.717) is 5.92 Å². The van der Waals surface area contributed by atoms with Crippen molar-refractivity contribution in [1.82, 2.24) is 14.5 Å². The second-order valence-corrected chi connectivity index (χ2v) is 5.90. The summed E-state index contributed by atoms with van der Waals surface area (Å²) in [5.41, 5.74) is 4.56. The maximum atomic E-state index is 5.45. The van der Waals surface area contributed by atoms with Crippen LogP contribution in [-0.2, 0) is 6.54 Å². The molecule has 0 saturated carbocycles. The molecule has 0 aliphatic rings. The minimum Gasteiger partial charge on any atom is -0.329 e. The first kappa shape index (κ1) is 14.0. The van der Waals surface area contributed by atoms with Gasteiger partial charge in [-0.25, -0.2) is 4.98 Å². The molecule has 0 radical (unpaired) electrons.